The lowest BCUT2D eigenvalue weighted by molar-refractivity contribution is -0.164. The summed E-state index contributed by atoms with van der Waals surface area (Å²) in [5.74, 6) is -1.05. The third-order valence-electron chi connectivity index (χ3n) is 2.02. The predicted molar refractivity (Wildman–Crippen MR) is 43.4 cm³/mol. The number of hydrogen-bond acceptors (Lipinski definition) is 5. The van der Waals surface area contributed by atoms with Crippen LogP contribution in [0, 0.1) is 5.41 Å². The van der Waals surface area contributed by atoms with E-state index < -0.39 is 17.4 Å². The van der Waals surface area contributed by atoms with Gasteiger partial charge < -0.3 is 9.47 Å². The molecular weight excluding hydrogens is 174 g/mol. The highest BCUT2D eigenvalue weighted by Gasteiger charge is 2.59. The molecule has 1 fully saturated rings. The van der Waals surface area contributed by atoms with E-state index in [0.717, 1.165) is 0 Å². The first-order valence-electron chi connectivity index (χ1n) is 4.22. The van der Waals surface area contributed by atoms with Gasteiger partial charge in [0.1, 0.15) is 6.73 Å². The standard InChI is InChI=1S/C8H13NO4/c1-2-12-6(10)8(3-4-8)7(11)13-5-9/h2-5,9H2,1H3. The number of esters is 2. The number of hydrogen-bond donors (Lipinski definition) is 1. The number of nitrogens with two attached hydrogens (primary N) is 1. The monoisotopic (exact) mass is 187 g/mol. The molecule has 74 valence electrons. The lowest BCUT2D eigenvalue weighted by atomic mass is 10.1. The van der Waals surface area contributed by atoms with Gasteiger partial charge in [-0.3, -0.25) is 15.3 Å². The Morgan fingerprint density at radius 1 is 1.31 bits per heavy atom. The summed E-state index contributed by atoms with van der Waals surface area (Å²) in [5, 5.41) is 0. The van der Waals surface area contributed by atoms with Gasteiger partial charge in [-0.25, -0.2) is 0 Å². The molecule has 5 nitrogen and oxygen atoms in total. The second kappa shape index (κ2) is 3.74. The Morgan fingerprint density at radius 3 is 2.23 bits per heavy atom. The Balaban J connectivity index is 2.55. The molecule has 0 bridgehead atoms. The zero-order chi connectivity index (χ0) is 9.90. The maximum Gasteiger partial charge on any atom is 0.324 e. The van der Waals surface area contributed by atoms with Crippen molar-refractivity contribution in [2.75, 3.05) is 13.3 Å². The van der Waals surface area contributed by atoms with Crippen molar-refractivity contribution < 1.29 is 19.1 Å². The van der Waals surface area contributed by atoms with Crippen LogP contribution in [0.4, 0.5) is 0 Å². The van der Waals surface area contributed by atoms with E-state index in [9.17, 15) is 9.59 Å². The maximum absolute atomic E-state index is 11.3. The van der Waals surface area contributed by atoms with Gasteiger partial charge >= 0.3 is 11.9 Å². The van der Waals surface area contributed by atoms with E-state index in [1.807, 2.05) is 0 Å². The third-order valence-corrected chi connectivity index (χ3v) is 2.02. The van der Waals surface area contributed by atoms with E-state index in [-0.39, 0.29) is 13.3 Å². The van der Waals surface area contributed by atoms with E-state index in [4.69, 9.17) is 10.5 Å². The van der Waals surface area contributed by atoms with Crippen molar-refractivity contribution in [2.24, 2.45) is 11.1 Å². The van der Waals surface area contributed by atoms with Crippen LogP contribution in [0.5, 0.6) is 0 Å². The molecule has 1 saturated carbocycles. The van der Waals surface area contributed by atoms with Crippen LogP contribution in [-0.2, 0) is 19.1 Å². The Morgan fingerprint density at radius 2 is 1.85 bits per heavy atom. The fourth-order valence-electron chi connectivity index (χ4n) is 1.10. The minimum atomic E-state index is -1.03. The highest BCUT2D eigenvalue weighted by Crippen LogP contribution is 2.47. The Labute approximate surface area is 76.2 Å². The molecule has 5 heteroatoms. The molecule has 0 heterocycles. The average molecular weight is 187 g/mol. The zero-order valence-electron chi connectivity index (χ0n) is 7.54. The van der Waals surface area contributed by atoms with Crippen LogP contribution in [0.1, 0.15) is 19.8 Å². The average Bonchev–Trinajstić information content (AvgIpc) is 2.85. The molecule has 0 saturated heterocycles. The summed E-state index contributed by atoms with van der Waals surface area (Å²) in [6.45, 7) is 1.78. The summed E-state index contributed by atoms with van der Waals surface area (Å²) in [6.07, 6.45) is 1.01. The maximum atomic E-state index is 11.3. The smallest absolute Gasteiger partial charge is 0.324 e. The fraction of sp³-hybridized carbons (Fsp3) is 0.750. The SMILES string of the molecule is CCOC(=O)C1(C(=O)OCN)CC1. The predicted octanol–water partition coefficient (Wildman–Crippen LogP) is -0.211. The highest BCUT2D eigenvalue weighted by molar-refractivity contribution is 6.03. The highest BCUT2D eigenvalue weighted by atomic mass is 16.6. The second-order valence-electron chi connectivity index (χ2n) is 2.90. The largest absolute Gasteiger partial charge is 0.465 e. The Kier molecular flexibility index (Phi) is 2.87. The van der Waals surface area contributed by atoms with Crippen molar-refractivity contribution >= 4 is 11.9 Å². The summed E-state index contributed by atoms with van der Waals surface area (Å²) in [6, 6.07) is 0. The number of carbonyl (C=O) groups excluding carboxylic acids is 2. The first-order chi connectivity index (χ1) is 6.17. The van der Waals surface area contributed by atoms with Crippen LogP contribution in [0.15, 0.2) is 0 Å². The first-order valence-corrected chi connectivity index (χ1v) is 4.22. The molecule has 0 spiro atoms. The van der Waals surface area contributed by atoms with Crippen molar-refractivity contribution in [2.45, 2.75) is 19.8 Å². The lowest BCUT2D eigenvalue weighted by Gasteiger charge is -2.11. The molecule has 0 aromatic rings. The van der Waals surface area contributed by atoms with Crippen molar-refractivity contribution in [3.63, 3.8) is 0 Å². The first kappa shape index (κ1) is 9.98. The lowest BCUT2D eigenvalue weighted by Crippen LogP contribution is -2.31. The number of carbonyl (C=O) groups is 2. The molecule has 0 radical (unpaired) electrons. The van der Waals surface area contributed by atoms with Crippen molar-refractivity contribution in [3.05, 3.63) is 0 Å². The van der Waals surface area contributed by atoms with Crippen molar-refractivity contribution in [3.8, 4) is 0 Å². The van der Waals surface area contributed by atoms with Crippen LogP contribution < -0.4 is 5.73 Å². The summed E-state index contributed by atoms with van der Waals surface area (Å²) < 4.78 is 9.33. The van der Waals surface area contributed by atoms with Gasteiger partial charge in [0.2, 0.25) is 0 Å². The Bertz CT molecular complexity index is 202. The van der Waals surface area contributed by atoms with Crippen LogP contribution in [-0.4, -0.2) is 25.3 Å². The summed E-state index contributed by atoms with van der Waals surface area (Å²) in [5.41, 5.74) is 4.00. The van der Waals surface area contributed by atoms with Gasteiger partial charge in [-0.1, -0.05) is 0 Å². The normalized spacial score (nSPS) is 17.7. The molecular formula is C8H13NO4. The fourth-order valence-corrected chi connectivity index (χ4v) is 1.10. The van der Waals surface area contributed by atoms with Gasteiger partial charge in [-0.2, -0.15) is 0 Å². The summed E-state index contributed by atoms with van der Waals surface area (Å²) in [4.78, 5) is 22.5. The topological polar surface area (TPSA) is 78.6 Å². The van der Waals surface area contributed by atoms with E-state index in [1.54, 1.807) is 6.92 Å². The van der Waals surface area contributed by atoms with E-state index in [1.165, 1.54) is 0 Å². The van der Waals surface area contributed by atoms with Crippen LogP contribution in [0.3, 0.4) is 0 Å². The van der Waals surface area contributed by atoms with Gasteiger partial charge in [0.25, 0.3) is 0 Å². The van der Waals surface area contributed by atoms with Crippen LogP contribution in [0.25, 0.3) is 0 Å². The molecule has 0 atom stereocenters. The van der Waals surface area contributed by atoms with Crippen molar-refractivity contribution in [1.29, 1.82) is 0 Å². The molecule has 0 aromatic carbocycles. The minimum Gasteiger partial charge on any atom is -0.465 e. The van der Waals surface area contributed by atoms with Crippen LogP contribution >= 0.6 is 0 Å². The van der Waals surface area contributed by atoms with Gasteiger partial charge in [0.05, 0.1) is 6.61 Å². The third kappa shape index (κ3) is 1.80. The Hall–Kier alpha value is -1.10. The summed E-state index contributed by atoms with van der Waals surface area (Å²) >= 11 is 0. The molecule has 2 N–H and O–H groups in total. The van der Waals surface area contributed by atoms with Gasteiger partial charge in [0.15, 0.2) is 5.41 Å². The summed E-state index contributed by atoms with van der Waals surface area (Å²) in [7, 11) is 0. The molecule has 1 rings (SSSR count). The quantitative estimate of drug-likeness (QED) is 0.374. The second-order valence-corrected chi connectivity index (χ2v) is 2.90. The molecule has 0 aromatic heterocycles. The molecule has 1 aliphatic rings. The molecule has 1 aliphatic carbocycles. The molecule has 13 heavy (non-hydrogen) atoms. The minimum absolute atomic E-state index is 0.194. The van der Waals surface area contributed by atoms with Gasteiger partial charge in [0, 0.05) is 0 Å². The number of ether oxygens (including phenoxy) is 2. The van der Waals surface area contributed by atoms with Crippen molar-refractivity contribution in [1.82, 2.24) is 0 Å². The van der Waals surface area contributed by atoms with E-state index >= 15 is 0 Å². The van der Waals surface area contributed by atoms with Crippen LogP contribution in [0.2, 0.25) is 0 Å². The van der Waals surface area contributed by atoms with Gasteiger partial charge in [-0.05, 0) is 19.8 Å². The zero-order valence-corrected chi connectivity index (χ0v) is 7.54. The van der Waals surface area contributed by atoms with Gasteiger partial charge in [-0.15, -0.1) is 0 Å². The van der Waals surface area contributed by atoms with E-state index in [0.29, 0.717) is 12.8 Å². The molecule has 0 unspecified atom stereocenters. The van der Waals surface area contributed by atoms with E-state index in [2.05, 4.69) is 4.74 Å². The molecule has 0 amide bonds. The number of rotatable bonds is 4. The molecule has 0 aliphatic heterocycles.